The SMILES string of the molecule is CCCc1noc(CCCC(=O)Nc2nn([C@H](C)c3ccccc3)cc2C)n1. The van der Waals surface area contributed by atoms with Crippen LogP contribution in [0.1, 0.15) is 62.0 Å². The second-order valence-electron chi connectivity index (χ2n) is 6.98. The zero-order valence-corrected chi connectivity index (χ0v) is 16.7. The Kier molecular flexibility index (Phi) is 6.57. The number of rotatable bonds is 9. The average molecular weight is 381 g/mol. The van der Waals surface area contributed by atoms with E-state index in [0.717, 1.165) is 24.2 Å². The monoisotopic (exact) mass is 381 g/mol. The van der Waals surface area contributed by atoms with Crippen molar-refractivity contribution in [1.29, 1.82) is 0 Å². The Morgan fingerprint density at radius 1 is 1.25 bits per heavy atom. The smallest absolute Gasteiger partial charge is 0.226 e. The molecule has 3 aromatic rings. The number of anilines is 1. The first-order chi connectivity index (χ1) is 13.6. The van der Waals surface area contributed by atoms with Gasteiger partial charge in [0.2, 0.25) is 11.8 Å². The minimum Gasteiger partial charge on any atom is -0.339 e. The van der Waals surface area contributed by atoms with Gasteiger partial charge in [0.25, 0.3) is 0 Å². The molecule has 1 N–H and O–H groups in total. The lowest BCUT2D eigenvalue weighted by atomic mass is 10.1. The fraction of sp³-hybridized carbons (Fsp3) is 0.429. The standard InChI is InChI=1S/C21H27N5O2/c1-4-9-18-22-20(28-25-18)13-8-12-19(27)23-21-15(2)14-26(24-21)16(3)17-10-6-5-7-11-17/h5-7,10-11,14,16H,4,8-9,12-13H2,1-3H3,(H,23,24,27)/t16-/m1/s1. The number of carbonyl (C=O) groups is 1. The molecule has 0 unspecified atom stereocenters. The zero-order valence-electron chi connectivity index (χ0n) is 16.7. The fourth-order valence-electron chi connectivity index (χ4n) is 3.00. The quantitative estimate of drug-likeness (QED) is 0.603. The van der Waals surface area contributed by atoms with Crippen LogP contribution in [-0.4, -0.2) is 25.8 Å². The molecule has 0 saturated carbocycles. The topological polar surface area (TPSA) is 85.8 Å². The summed E-state index contributed by atoms with van der Waals surface area (Å²) in [4.78, 5) is 16.6. The maximum absolute atomic E-state index is 12.3. The van der Waals surface area contributed by atoms with E-state index in [1.807, 2.05) is 36.0 Å². The molecule has 0 bridgehead atoms. The molecule has 0 aliphatic rings. The van der Waals surface area contributed by atoms with Gasteiger partial charge in [0, 0.05) is 31.0 Å². The maximum Gasteiger partial charge on any atom is 0.226 e. The number of benzene rings is 1. The third kappa shape index (κ3) is 5.06. The van der Waals surface area contributed by atoms with Crippen molar-refractivity contribution in [3.8, 4) is 0 Å². The molecule has 28 heavy (non-hydrogen) atoms. The minimum atomic E-state index is -0.0611. The van der Waals surface area contributed by atoms with Gasteiger partial charge in [-0.1, -0.05) is 42.4 Å². The molecular weight excluding hydrogens is 354 g/mol. The summed E-state index contributed by atoms with van der Waals surface area (Å²) < 4.78 is 7.08. The van der Waals surface area contributed by atoms with E-state index in [1.165, 1.54) is 5.56 Å². The van der Waals surface area contributed by atoms with Gasteiger partial charge in [-0.2, -0.15) is 10.1 Å². The van der Waals surface area contributed by atoms with Crippen molar-refractivity contribution in [2.24, 2.45) is 0 Å². The summed E-state index contributed by atoms with van der Waals surface area (Å²) in [5, 5.41) is 11.4. The van der Waals surface area contributed by atoms with E-state index in [4.69, 9.17) is 4.52 Å². The largest absolute Gasteiger partial charge is 0.339 e. The Balaban J connectivity index is 1.52. The number of aromatic nitrogens is 4. The van der Waals surface area contributed by atoms with E-state index in [2.05, 4.69) is 46.5 Å². The molecule has 1 aromatic carbocycles. The summed E-state index contributed by atoms with van der Waals surface area (Å²) in [5.74, 6) is 1.87. The van der Waals surface area contributed by atoms with Crippen LogP contribution in [0, 0.1) is 6.92 Å². The van der Waals surface area contributed by atoms with Gasteiger partial charge < -0.3 is 9.84 Å². The predicted molar refractivity (Wildman–Crippen MR) is 107 cm³/mol. The lowest BCUT2D eigenvalue weighted by molar-refractivity contribution is -0.116. The molecule has 0 saturated heterocycles. The number of aryl methyl sites for hydroxylation is 3. The molecular formula is C21H27N5O2. The summed E-state index contributed by atoms with van der Waals surface area (Å²) in [6.07, 6.45) is 5.39. The van der Waals surface area contributed by atoms with Crippen LogP contribution in [0.15, 0.2) is 41.1 Å². The van der Waals surface area contributed by atoms with Gasteiger partial charge in [0.05, 0.1) is 6.04 Å². The summed E-state index contributed by atoms with van der Waals surface area (Å²) in [6, 6.07) is 10.3. The third-order valence-electron chi connectivity index (χ3n) is 4.63. The first kappa shape index (κ1) is 19.8. The highest BCUT2D eigenvalue weighted by Crippen LogP contribution is 2.21. The van der Waals surface area contributed by atoms with Crippen LogP contribution in [-0.2, 0) is 17.6 Å². The van der Waals surface area contributed by atoms with E-state index >= 15 is 0 Å². The molecule has 148 valence electrons. The van der Waals surface area contributed by atoms with E-state index in [1.54, 1.807) is 0 Å². The van der Waals surface area contributed by atoms with Gasteiger partial charge in [0.1, 0.15) is 0 Å². The molecule has 3 rings (SSSR count). The van der Waals surface area contributed by atoms with Crippen LogP contribution >= 0.6 is 0 Å². The van der Waals surface area contributed by atoms with Crippen LogP contribution < -0.4 is 5.32 Å². The van der Waals surface area contributed by atoms with Gasteiger partial charge in [-0.25, -0.2) is 0 Å². The molecule has 7 nitrogen and oxygen atoms in total. The number of nitrogens with one attached hydrogen (secondary N) is 1. The van der Waals surface area contributed by atoms with Crippen molar-refractivity contribution < 1.29 is 9.32 Å². The zero-order chi connectivity index (χ0) is 19.9. The first-order valence-corrected chi connectivity index (χ1v) is 9.78. The Bertz CT molecular complexity index is 901. The number of carbonyl (C=O) groups excluding carboxylic acids is 1. The van der Waals surface area contributed by atoms with Crippen LogP contribution in [0.25, 0.3) is 0 Å². The van der Waals surface area contributed by atoms with Crippen molar-refractivity contribution >= 4 is 11.7 Å². The Labute approximate surface area is 165 Å². The number of hydrogen-bond donors (Lipinski definition) is 1. The van der Waals surface area contributed by atoms with E-state index < -0.39 is 0 Å². The van der Waals surface area contributed by atoms with Crippen LogP contribution in [0.2, 0.25) is 0 Å². The van der Waals surface area contributed by atoms with Gasteiger partial charge >= 0.3 is 0 Å². The van der Waals surface area contributed by atoms with Crippen molar-refractivity contribution in [3.05, 3.63) is 59.4 Å². The Hall–Kier alpha value is -2.96. The van der Waals surface area contributed by atoms with Crippen molar-refractivity contribution in [3.63, 3.8) is 0 Å². The van der Waals surface area contributed by atoms with Crippen molar-refractivity contribution in [1.82, 2.24) is 19.9 Å². The average Bonchev–Trinajstić information content (AvgIpc) is 3.29. The second-order valence-corrected chi connectivity index (χ2v) is 6.98. The second kappa shape index (κ2) is 9.30. The van der Waals surface area contributed by atoms with Crippen LogP contribution in [0.4, 0.5) is 5.82 Å². The van der Waals surface area contributed by atoms with Gasteiger partial charge in [-0.05, 0) is 32.3 Å². The van der Waals surface area contributed by atoms with E-state index in [0.29, 0.717) is 31.0 Å². The molecule has 1 atom stereocenters. The minimum absolute atomic E-state index is 0.0611. The lowest BCUT2D eigenvalue weighted by Gasteiger charge is -2.12. The normalized spacial score (nSPS) is 12.1. The predicted octanol–water partition coefficient (Wildman–Crippen LogP) is 4.10. The molecule has 0 spiro atoms. The molecule has 0 aliphatic carbocycles. The number of nitrogens with zero attached hydrogens (tertiary/aromatic N) is 4. The van der Waals surface area contributed by atoms with Gasteiger partial charge in [-0.3, -0.25) is 9.48 Å². The van der Waals surface area contributed by atoms with Crippen molar-refractivity contribution in [2.75, 3.05) is 5.32 Å². The van der Waals surface area contributed by atoms with Crippen molar-refractivity contribution in [2.45, 2.75) is 58.9 Å². The Morgan fingerprint density at radius 2 is 2.04 bits per heavy atom. The fourth-order valence-corrected chi connectivity index (χ4v) is 3.00. The highest BCUT2D eigenvalue weighted by atomic mass is 16.5. The Morgan fingerprint density at radius 3 is 2.79 bits per heavy atom. The highest BCUT2D eigenvalue weighted by molar-refractivity contribution is 5.90. The van der Waals surface area contributed by atoms with E-state index in [-0.39, 0.29) is 11.9 Å². The summed E-state index contributed by atoms with van der Waals surface area (Å²) in [5.41, 5.74) is 2.11. The highest BCUT2D eigenvalue weighted by Gasteiger charge is 2.14. The lowest BCUT2D eigenvalue weighted by Crippen LogP contribution is -2.14. The molecule has 1 amide bonds. The van der Waals surface area contributed by atoms with Crippen LogP contribution in [0.5, 0.6) is 0 Å². The number of hydrogen-bond acceptors (Lipinski definition) is 5. The molecule has 0 fully saturated rings. The van der Waals surface area contributed by atoms with Gasteiger partial charge in [-0.15, -0.1) is 0 Å². The van der Waals surface area contributed by atoms with Gasteiger partial charge in [0.15, 0.2) is 11.6 Å². The summed E-state index contributed by atoms with van der Waals surface area (Å²) in [6.45, 7) is 6.11. The third-order valence-corrected chi connectivity index (χ3v) is 4.63. The molecule has 0 radical (unpaired) electrons. The summed E-state index contributed by atoms with van der Waals surface area (Å²) in [7, 11) is 0. The first-order valence-electron chi connectivity index (χ1n) is 9.78. The molecule has 0 aliphatic heterocycles. The maximum atomic E-state index is 12.3. The van der Waals surface area contributed by atoms with E-state index in [9.17, 15) is 4.79 Å². The molecule has 2 aromatic heterocycles. The summed E-state index contributed by atoms with van der Waals surface area (Å²) >= 11 is 0. The van der Waals surface area contributed by atoms with Crippen LogP contribution in [0.3, 0.4) is 0 Å². The molecule has 7 heteroatoms. The number of amides is 1. The molecule has 2 heterocycles.